The van der Waals surface area contributed by atoms with Crippen LogP contribution in [0, 0.1) is 0 Å². The fraction of sp³-hybridized carbons (Fsp3) is 0.524. The maximum absolute atomic E-state index is 12.3. The van der Waals surface area contributed by atoms with E-state index in [0.717, 1.165) is 19.3 Å². The summed E-state index contributed by atoms with van der Waals surface area (Å²) in [5, 5.41) is 6.85. The lowest BCUT2D eigenvalue weighted by Gasteiger charge is -2.34. The van der Waals surface area contributed by atoms with Crippen LogP contribution in [0.1, 0.15) is 41.8 Å². The highest BCUT2D eigenvalue weighted by Crippen LogP contribution is 2.19. The molecule has 1 aromatic heterocycles. The molecule has 9 heteroatoms. The maximum Gasteiger partial charge on any atom is 0.309 e. The van der Waals surface area contributed by atoms with E-state index in [-0.39, 0.29) is 18.4 Å². The molecule has 3 rings (SSSR count). The van der Waals surface area contributed by atoms with E-state index in [0.29, 0.717) is 37.6 Å². The summed E-state index contributed by atoms with van der Waals surface area (Å²) in [6, 6.07) is 3.63. The van der Waals surface area contributed by atoms with Crippen LogP contribution >= 0.6 is 11.3 Å². The predicted octanol–water partition coefficient (Wildman–Crippen LogP) is 1.16. The third-order valence-electron chi connectivity index (χ3n) is 5.37. The third-order valence-corrected chi connectivity index (χ3v) is 6.23. The summed E-state index contributed by atoms with van der Waals surface area (Å²) in [6.07, 6.45) is 7.50. The highest BCUT2D eigenvalue weighted by atomic mass is 32.1. The minimum Gasteiger partial charge on any atom is -0.348 e. The topological polar surface area (TPSA) is 98.8 Å². The van der Waals surface area contributed by atoms with E-state index in [9.17, 15) is 19.2 Å². The van der Waals surface area contributed by atoms with E-state index in [1.807, 2.05) is 11.4 Å². The molecule has 8 nitrogen and oxygen atoms in total. The van der Waals surface area contributed by atoms with Gasteiger partial charge in [-0.2, -0.15) is 0 Å². The van der Waals surface area contributed by atoms with Crippen molar-refractivity contribution < 1.29 is 19.2 Å². The van der Waals surface area contributed by atoms with Gasteiger partial charge < -0.3 is 20.4 Å². The molecule has 2 N–H and O–H groups in total. The average Bonchev–Trinajstić information content (AvgIpc) is 3.32. The van der Waals surface area contributed by atoms with Crippen LogP contribution in [0.5, 0.6) is 0 Å². The highest BCUT2D eigenvalue weighted by molar-refractivity contribution is 7.12. The molecule has 0 bridgehead atoms. The molecule has 1 aromatic rings. The summed E-state index contributed by atoms with van der Waals surface area (Å²) in [6.45, 7) is 1.92. The number of piperazine rings is 1. The first-order valence-electron chi connectivity index (χ1n) is 10.4. The van der Waals surface area contributed by atoms with Gasteiger partial charge in [0.2, 0.25) is 5.91 Å². The molecule has 2 heterocycles. The summed E-state index contributed by atoms with van der Waals surface area (Å²) in [5.41, 5.74) is 1.33. The summed E-state index contributed by atoms with van der Waals surface area (Å²) >= 11 is 1.40. The van der Waals surface area contributed by atoms with Gasteiger partial charge in [-0.1, -0.05) is 17.7 Å². The van der Waals surface area contributed by atoms with E-state index in [4.69, 9.17) is 0 Å². The number of nitrogens with zero attached hydrogens (tertiary/aromatic N) is 2. The van der Waals surface area contributed by atoms with Gasteiger partial charge in [-0.15, -0.1) is 11.3 Å². The zero-order chi connectivity index (χ0) is 21.3. The van der Waals surface area contributed by atoms with E-state index < -0.39 is 11.8 Å². The van der Waals surface area contributed by atoms with E-state index >= 15 is 0 Å². The number of rotatable bonds is 6. The third kappa shape index (κ3) is 6.16. The van der Waals surface area contributed by atoms with Crippen molar-refractivity contribution in [3.05, 3.63) is 34.0 Å². The molecule has 0 radical (unpaired) electrons. The first kappa shape index (κ1) is 22.0. The minimum atomic E-state index is -0.799. The number of allylic oxidation sites excluding steroid dienone is 1. The van der Waals surface area contributed by atoms with Gasteiger partial charge in [-0.05, 0) is 43.6 Å². The molecule has 0 saturated carbocycles. The molecule has 4 amide bonds. The van der Waals surface area contributed by atoms with E-state index in [2.05, 4.69) is 16.7 Å². The Morgan fingerprint density at radius 2 is 1.70 bits per heavy atom. The van der Waals surface area contributed by atoms with Crippen LogP contribution in [0.15, 0.2) is 29.2 Å². The van der Waals surface area contributed by atoms with Crippen LogP contribution in [0.3, 0.4) is 0 Å². The number of amides is 4. The number of thiophene rings is 1. The quantitative estimate of drug-likeness (QED) is 0.520. The van der Waals surface area contributed by atoms with Gasteiger partial charge in [0.1, 0.15) is 0 Å². The van der Waals surface area contributed by atoms with Gasteiger partial charge in [-0.3, -0.25) is 19.2 Å². The predicted molar refractivity (Wildman–Crippen MR) is 114 cm³/mol. The molecule has 30 heavy (non-hydrogen) atoms. The molecule has 1 aliphatic carbocycles. The Morgan fingerprint density at radius 3 is 2.37 bits per heavy atom. The van der Waals surface area contributed by atoms with Gasteiger partial charge in [0.15, 0.2) is 0 Å². The summed E-state index contributed by atoms with van der Waals surface area (Å²) < 4.78 is 0. The van der Waals surface area contributed by atoms with E-state index in [1.54, 1.807) is 15.9 Å². The molecule has 162 valence electrons. The Kier molecular flexibility index (Phi) is 8.01. The van der Waals surface area contributed by atoms with Crippen molar-refractivity contribution in [2.45, 2.75) is 32.1 Å². The SMILES string of the molecule is O=C(NCCC1=CCCCC1)C(=O)NCC(=O)N1CCN(C(=O)c2cccs2)CC1. The monoisotopic (exact) mass is 432 g/mol. The Labute approximate surface area is 180 Å². The van der Waals surface area contributed by atoms with Crippen molar-refractivity contribution in [1.82, 2.24) is 20.4 Å². The number of hydrogen-bond acceptors (Lipinski definition) is 5. The summed E-state index contributed by atoms with van der Waals surface area (Å²) in [4.78, 5) is 52.5. The fourth-order valence-electron chi connectivity index (χ4n) is 3.61. The normalized spacial score (nSPS) is 16.6. The zero-order valence-corrected chi connectivity index (χ0v) is 17.8. The van der Waals surface area contributed by atoms with Crippen molar-refractivity contribution >= 4 is 35.0 Å². The van der Waals surface area contributed by atoms with Crippen molar-refractivity contribution in [3.8, 4) is 0 Å². The molecule has 2 aliphatic rings. The summed E-state index contributed by atoms with van der Waals surface area (Å²) in [7, 11) is 0. The second kappa shape index (κ2) is 10.9. The lowest BCUT2D eigenvalue weighted by atomic mass is 9.97. The smallest absolute Gasteiger partial charge is 0.309 e. The Morgan fingerprint density at radius 1 is 0.967 bits per heavy atom. The molecule has 1 saturated heterocycles. The lowest BCUT2D eigenvalue weighted by Crippen LogP contribution is -2.53. The molecule has 0 atom stereocenters. The van der Waals surface area contributed by atoms with Crippen LogP contribution in [0.25, 0.3) is 0 Å². The number of hydrogen-bond donors (Lipinski definition) is 2. The second-order valence-electron chi connectivity index (χ2n) is 7.45. The van der Waals surface area contributed by atoms with E-state index in [1.165, 1.54) is 29.8 Å². The summed E-state index contributed by atoms with van der Waals surface area (Å²) in [5.74, 6) is -1.80. The zero-order valence-electron chi connectivity index (χ0n) is 17.0. The van der Waals surface area contributed by atoms with Crippen LogP contribution < -0.4 is 10.6 Å². The van der Waals surface area contributed by atoms with Gasteiger partial charge in [0.05, 0.1) is 11.4 Å². The van der Waals surface area contributed by atoms with Crippen LogP contribution in [0.2, 0.25) is 0 Å². The number of carbonyl (C=O) groups excluding carboxylic acids is 4. The first-order valence-corrected chi connectivity index (χ1v) is 11.3. The Hall–Kier alpha value is -2.68. The average molecular weight is 433 g/mol. The molecule has 0 unspecified atom stereocenters. The van der Waals surface area contributed by atoms with Crippen LogP contribution in [-0.4, -0.2) is 72.7 Å². The molecule has 0 spiro atoms. The Balaban J connectivity index is 1.33. The van der Waals surface area contributed by atoms with Crippen LogP contribution in [-0.2, 0) is 14.4 Å². The Bertz CT molecular complexity index is 798. The fourth-order valence-corrected chi connectivity index (χ4v) is 4.30. The molecular formula is C21H28N4O4S. The first-order chi connectivity index (χ1) is 14.5. The van der Waals surface area contributed by atoms with Crippen LogP contribution in [0.4, 0.5) is 0 Å². The van der Waals surface area contributed by atoms with Gasteiger partial charge in [0, 0.05) is 32.7 Å². The second-order valence-corrected chi connectivity index (χ2v) is 8.39. The molecule has 1 fully saturated rings. The van der Waals surface area contributed by atoms with Gasteiger partial charge >= 0.3 is 11.8 Å². The van der Waals surface area contributed by atoms with Crippen molar-refractivity contribution in [2.24, 2.45) is 0 Å². The number of nitrogens with one attached hydrogen (secondary N) is 2. The number of carbonyl (C=O) groups is 4. The largest absolute Gasteiger partial charge is 0.348 e. The molecular weight excluding hydrogens is 404 g/mol. The van der Waals surface area contributed by atoms with Crippen molar-refractivity contribution in [3.63, 3.8) is 0 Å². The highest BCUT2D eigenvalue weighted by Gasteiger charge is 2.25. The molecule has 0 aromatic carbocycles. The minimum absolute atomic E-state index is 0.0222. The van der Waals surface area contributed by atoms with Crippen molar-refractivity contribution in [2.75, 3.05) is 39.3 Å². The van der Waals surface area contributed by atoms with Gasteiger partial charge in [-0.25, -0.2) is 0 Å². The standard InChI is InChI=1S/C21H28N4O4S/c26-18(24-10-12-25(13-11-24)21(29)17-7-4-14-30-17)15-23-20(28)19(27)22-9-8-16-5-2-1-3-6-16/h4-5,7,14H,1-3,6,8-13,15H2,(H,22,27)(H,23,28). The molecule has 1 aliphatic heterocycles. The van der Waals surface area contributed by atoms with Crippen molar-refractivity contribution in [1.29, 1.82) is 0 Å². The van der Waals surface area contributed by atoms with Gasteiger partial charge in [0.25, 0.3) is 5.91 Å². The maximum atomic E-state index is 12.3. The lowest BCUT2D eigenvalue weighted by molar-refractivity contribution is -0.140.